The third-order valence-electron chi connectivity index (χ3n) is 0.701. The van der Waals surface area contributed by atoms with Gasteiger partial charge >= 0.3 is 0 Å². The van der Waals surface area contributed by atoms with Crippen LogP contribution in [0.3, 0.4) is 0 Å². The number of hydrogen-bond acceptors (Lipinski definition) is 2. The van der Waals surface area contributed by atoms with E-state index in [0.29, 0.717) is 0 Å². The van der Waals surface area contributed by atoms with Gasteiger partial charge in [0.1, 0.15) is 0 Å². The monoisotopic (exact) mass is 151 g/mol. The smallest absolute Gasteiger partial charge is 0.00970 e. The third kappa shape index (κ3) is 6.74. The van der Waals surface area contributed by atoms with E-state index in [2.05, 4.69) is 12.2 Å². The average molecular weight is 151 g/mol. The van der Waals surface area contributed by atoms with Crippen LogP contribution >= 0.6 is 19.2 Å². The van der Waals surface area contributed by atoms with Gasteiger partial charge in [0.25, 0.3) is 0 Å². The van der Waals surface area contributed by atoms with Gasteiger partial charge in [-0.3, -0.25) is 0 Å². The summed E-state index contributed by atoms with van der Waals surface area (Å²) in [7, 11) is 3.10. The van der Waals surface area contributed by atoms with Crippen LogP contribution in [0, 0.1) is 0 Å². The van der Waals surface area contributed by atoms with Gasteiger partial charge in [-0.1, -0.05) is 14.7 Å². The molecular weight excluding hydrogens is 137 g/mol. The van der Waals surface area contributed by atoms with Crippen LogP contribution in [0.25, 0.3) is 0 Å². The molecule has 1 nitrogen and oxygen atoms in total. The SMILES string of the molecule is CCPSCCNC. The Labute approximate surface area is 57.5 Å². The highest BCUT2D eigenvalue weighted by Gasteiger charge is 1.82. The predicted molar refractivity (Wildman–Crippen MR) is 45.2 cm³/mol. The highest BCUT2D eigenvalue weighted by molar-refractivity contribution is 8.49. The zero-order chi connectivity index (χ0) is 6.24. The van der Waals surface area contributed by atoms with Crippen LogP contribution in [0.4, 0.5) is 0 Å². The van der Waals surface area contributed by atoms with Crippen LogP contribution in [0.1, 0.15) is 6.92 Å². The highest BCUT2D eigenvalue weighted by atomic mass is 32.7. The molecule has 0 heterocycles. The molecule has 0 amide bonds. The van der Waals surface area contributed by atoms with Crippen LogP contribution in [-0.4, -0.2) is 25.5 Å². The number of hydrogen-bond donors (Lipinski definition) is 1. The molecule has 1 unspecified atom stereocenters. The van der Waals surface area contributed by atoms with E-state index in [1.54, 1.807) is 0 Å². The lowest BCUT2D eigenvalue weighted by molar-refractivity contribution is 0.873. The summed E-state index contributed by atoms with van der Waals surface area (Å²) in [6.07, 6.45) is 1.33. The standard InChI is InChI=1S/C5H14NPS/c1-3-7-8-5-4-6-2/h6-7H,3-5H2,1-2H3. The van der Waals surface area contributed by atoms with E-state index in [-0.39, 0.29) is 0 Å². The highest BCUT2D eigenvalue weighted by Crippen LogP contribution is 2.27. The maximum atomic E-state index is 3.11. The van der Waals surface area contributed by atoms with Crippen LogP contribution in [0.15, 0.2) is 0 Å². The second-order valence-corrected chi connectivity index (χ2v) is 4.87. The lowest BCUT2D eigenvalue weighted by Gasteiger charge is -1.95. The molecule has 0 aromatic carbocycles. The molecule has 0 rings (SSSR count). The van der Waals surface area contributed by atoms with Crippen molar-refractivity contribution in [3.8, 4) is 0 Å². The Morgan fingerprint density at radius 3 is 2.88 bits per heavy atom. The van der Waals surface area contributed by atoms with Gasteiger partial charge in [0.15, 0.2) is 0 Å². The van der Waals surface area contributed by atoms with Gasteiger partial charge in [-0.25, -0.2) is 0 Å². The predicted octanol–water partition coefficient (Wildman–Crippen LogP) is 1.55. The van der Waals surface area contributed by atoms with E-state index in [4.69, 9.17) is 0 Å². The van der Waals surface area contributed by atoms with Crippen molar-refractivity contribution in [1.82, 2.24) is 5.32 Å². The van der Waals surface area contributed by atoms with E-state index in [0.717, 1.165) is 14.3 Å². The first-order valence-electron chi connectivity index (χ1n) is 2.91. The third-order valence-corrected chi connectivity index (χ3v) is 3.69. The molecule has 0 spiro atoms. The van der Waals surface area contributed by atoms with Crippen molar-refractivity contribution < 1.29 is 0 Å². The molecule has 0 radical (unpaired) electrons. The molecule has 3 heteroatoms. The van der Waals surface area contributed by atoms with E-state index >= 15 is 0 Å². The summed E-state index contributed by atoms with van der Waals surface area (Å²) in [6, 6.07) is 0. The summed E-state index contributed by atoms with van der Waals surface area (Å²) in [4.78, 5) is 0. The topological polar surface area (TPSA) is 12.0 Å². The molecular formula is C5H14NPS. The van der Waals surface area contributed by atoms with E-state index in [1.807, 2.05) is 18.4 Å². The van der Waals surface area contributed by atoms with Crippen molar-refractivity contribution in [3.63, 3.8) is 0 Å². The number of nitrogens with one attached hydrogen (secondary N) is 1. The van der Waals surface area contributed by atoms with Crippen LogP contribution < -0.4 is 5.32 Å². The van der Waals surface area contributed by atoms with Crippen molar-refractivity contribution in [2.75, 3.05) is 25.5 Å². The molecule has 1 N–H and O–H groups in total. The first-order valence-corrected chi connectivity index (χ1v) is 5.82. The second-order valence-electron chi connectivity index (χ2n) is 1.45. The van der Waals surface area contributed by atoms with Crippen molar-refractivity contribution in [1.29, 1.82) is 0 Å². The Bertz CT molecular complexity index is 37.4. The van der Waals surface area contributed by atoms with Gasteiger partial charge in [0.2, 0.25) is 0 Å². The maximum Gasteiger partial charge on any atom is 0.00970 e. The van der Waals surface area contributed by atoms with Gasteiger partial charge < -0.3 is 5.32 Å². The summed E-state index contributed by atoms with van der Waals surface area (Å²) in [6.45, 7) is 3.38. The van der Waals surface area contributed by atoms with Gasteiger partial charge in [0.05, 0.1) is 0 Å². The summed E-state index contributed by atoms with van der Waals surface area (Å²) in [5.74, 6) is 1.27. The fourth-order valence-electron chi connectivity index (χ4n) is 0.327. The van der Waals surface area contributed by atoms with Crippen molar-refractivity contribution in [2.45, 2.75) is 6.92 Å². The van der Waals surface area contributed by atoms with Crippen molar-refractivity contribution in [2.24, 2.45) is 0 Å². The molecule has 0 fully saturated rings. The molecule has 8 heavy (non-hydrogen) atoms. The molecule has 0 saturated carbocycles. The zero-order valence-corrected chi connectivity index (χ0v) is 7.35. The quantitative estimate of drug-likeness (QED) is 0.472. The normalized spacial score (nSPS) is 11.2. The minimum Gasteiger partial charge on any atom is -0.319 e. The van der Waals surface area contributed by atoms with E-state index in [1.165, 1.54) is 11.9 Å². The Morgan fingerprint density at radius 2 is 2.38 bits per heavy atom. The second kappa shape index (κ2) is 7.74. The van der Waals surface area contributed by atoms with Gasteiger partial charge in [-0.15, -0.1) is 11.4 Å². The van der Waals surface area contributed by atoms with Crippen LogP contribution in [0.5, 0.6) is 0 Å². The Hall–Kier alpha value is 0.740. The zero-order valence-electron chi connectivity index (χ0n) is 5.53. The number of rotatable bonds is 5. The van der Waals surface area contributed by atoms with Crippen LogP contribution in [-0.2, 0) is 0 Å². The summed E-state index contributed by atoms with van der Waals surface area (Å²) in [5.41, 5.74) is 0. The van der Waals surface area contributed by atoms with Crippen molar-refractivity contribution >= 4 is 19.2 Å². The molecule has 0 aliphatic rings. The summed E-state index contributed by atoms with van der Waals surface area (Å²) < 4.78 is 0. The average Bonchev–Trinajstić information content (AvgIpc) is 1.81. The lowest BCUT2D eigenvalue weighted by Crippen LogP contribution is -2.08. The molecule has 50 valence electrons. The van der Waals surface area contributed by atoms with Gasteiger partial charge in [-0.2, -0.15) is 0 Å². The largest absolute Gasteiger partial charge is 0.319 e. The minimum absolute atomic E-state index is 1.10. The van der Waals surface area contributed by atoms with E-state index < -0.39 is 0 Å². The molecule has 0 aromatic rings. The molecule has 1 atom stereocenters. The van der Waals surface area contributed by atoms with Gasteiger partial charge in [0, 0.05) is 12.3 Å². The Morgan fingerprint density at radius 1 is 1.62 bits per heavy atom. The molecule has 0 aromatic heterocycles. The lowest BCUT2D eigenvalue weighted by atomic mass is 10.8. The molecule has 0 aliphatic heterocycles. The van der Waals surface area contributed by atoms with Gasteiger partial charge in [-0.05, 0) is 13.2 Å². The van der Waals surface area contributed by atoms with E-state index in [9.17, 15) is 0 Å². The molecule has 0 bridgehead atoms. The minimum atomic E-state index is 1.10. The fraction of sp³-hybridized carbons (Fsp3) is 1.00. The Balaban J connectivity index is 2.53. The molecule has 0 saturated heterocycles. The van der Waals surface area contributed by atoms with Crippen molar-refractivity contribution in [3.05, 3.63) is 0 Å². The molecule has 0 aliphatic carbocycles. The maximum absolute atomic E-state index is 3.11. The Kier molecular flexibility index (Phi) is 8.46. The first kappa shape index (κ1) is 8.74. The first-order chi connectivity index (χ1) is 3.91. The van der Waals surface area contributed by atoms with Crippen LogP contribution in [0.2, 0.25) is 0 Å². The summed E-state index contributed by atoms with van der Waals surface area (Å²) in [5, 5.41) is 3.11. The summed E-state index contributed by atoms with van der Waals surface area (Å²) >= 11 is 2.04. The fourth-order valence-corrected chi connectivity index (χ4v) is 2.33.